The molecule has 0 atom stereocenters. The van der Waals surface area contributed by atoms with E-state index in [9.17, 15) is 0 Å². The van der Waals surface area contributed by atoms with Gasteiger partial charge in [-0.1, -0.05) is 0 Å². The van der Waals surface area contributed by atoms with Gasteiger partial charge in [-0.3, -0.25) is 29.9 Å². The standard InChI is InChI=1S/2C11H10BrN5/c2*12-9-7(17-11-15-5-6-16-11)1-2-8-10(9)14-4-3-13-8/h2*1-4H,5-6H2,(H2,15,16,17). The highest BCUT2D eigenvalue weighted by atomic mass is 79.9. The Labute approximate surface area is 212 Å². The molecule has 0 saturated carbocycles. The molecule has 2 aliphatic heterocycles. The molecular weight excluding hydrogens is 564 g/mol. The van der Waals surface area contributed by atoms with Crippen molar-refractivity contribution in [1.82, 2.24) is 30.6 Å². The van der Waals surface area contributed by atoms with Gasteiger partial charge >= 0.3 is 0 Å². The van der Waals surface area contributed by atoms with E-state index in [-0.39, 0.29) is 0 Å². The summed E-state index contributed by atoms with van der Waals surface area (Å²) in [5, 5.41) is 12.8. The number of hydrogen-bond acceptors (Lipinski definition) is 10. The highest BCUT2D eigenvalue weighted by Gasteiger charge is 2.11. The van der Waals surface area contributed by atoms with E-state index in [2.05, 4.69) is 83.0 Å². The highest BCUT2D eigenvalue weighted by Crippen LogP contribution is 2.30. The van der Waals surface area contributed by atoms with E-state index in [1.54, 1.807) is 24.8 Å². The molecule has 0 radical (unpaired) electrons. The van der Waals surface area contributed by atoms with Gasteiger partial charge in [-0.05, 0) is 56.1 Å². The van der Waals surface area contributed by atoms with Crippen LogP contribution in [0.5, 0.6) is 0 Å². The SMILES string of the molecule is Brc1c(NC2=NCCN2)ccc2nccnc12.Brc1c(NC2=NCCN2)ccc2nccnc12. The fourth-order valence-electron chi connectivity index (χ4n) is 3.42. The van der Waals surface area contributed by atoms with Crippen molar-refractivity contribution in [2.45, 2.75) is 0 Å². The Morgan fingerprint density at radius 3 is 1.47 bits per heavy atom. The molecule has 0 fully saturated rings. The van der Waals surface area contributed by atoms with Gasteiger partial charge in [-0.2, -0.15) is 0 Å². The number of halogens is 2. The molecule has 4 aromatic rings. The summed E-state index contributed by atoms with van der Waals surface area (Å²) in [6.45, 7) is 3.39. The fraction of sp³-hybridized carbons (Fsp3) is 0.182. The maximum absolute atomic E-state index is 4.31. The molecule has 12 heteroatoms. The molecule has 0 amide bonds. The molecule has 4 N–H and O–H groups in total. The number of aromatic nitrogens is 4. The number of guanidine groups is 2. The molecule has 2 aliphatic rings. The van der Waals surface area contributed by atoms with Crippen molar-refractivity contribution >= 4 is 77.2 Å². The molecule has 0 spiro atoms. The van der Waals surface area contributed by atoms with Gasteiger partial charge in [0, 0.05) is 37.9 Å². The largest absolute Gasteiger partial charge is 0.354 e. The van der Waals surface area contributed by atoms with Gasteiger partial charge in [-0.25, -0.2) is 0 Å². The van der Waals surface area contributed by atoms with Gasteiger partial charge in [-0.15, -0.1) is 0 Å². The Morgan fingerprint density at radius 2 is 1.06 bits per heavy atom. The number of nitrogens with one attached hydrogen (secondary N) is 4. The maximum Gasteiger partial charge on any atom is 0.195 e. The number of fused-ring (bicyclic) bond motifs is 2. The number of nitrogens with zero attached hydrogens (tertiary/aromatic N) is 6. The Kier molecular flexibility index (Phi) is 6.77. The van der Waals surface area contributed by atoms with E-state index in [1.165, 1.54) is 0 Å². The Hall–Kier alpha value is -3.38. The normalized spacial score (nSPS) is 14.5. The van der Waals surface area contributed by atoms with Crippen molar-refractivity contribution in [1.29, 1.82) is 0 Å². The summed E-state index contributed by atoms with van der Waals surface area (Å²) in [6, 6.07) is 7.79. The molecule has 10 nitrogen and oxygen atoms in total. The summed E-state index contributed by atoms with van der Waals surface area (Å²) in [5.41, 5.74) is 5.29. The van der Waals surface area contributed by atoms with Crippen LogP contribution in [0.3, 0.4) is 0 Å². The van der Waals surface area contributed by atoms with E-state index < -0.39 is 0 Å². The first-order chi connectivity index (χ1) is 16.7. The summed E-state index contributed by atoms with van der Waals surface area (Å²) >= 11 is 7.08. The third kappa shape index (κ3) is 4.92. The van der Waals surface area contributed by atoms with E-state index in [0.29, 0.717) is 0 Å². The zero-order valence-electron chi connectivity index (χ0n) is 17.9. The smallest absolute Gasteiger partial charge is 0.195 e. The van der Waals surface area contributed by atoms with Crippen LogP contribution in [0.1, 0.15) is 0 Å². The maximum atomic E-state index is 4.31. The number of aliphatic imine (C=N–C) groups is 2. The molecule has 34 heavy (non-hydrogen) atoms. The highest BCUT2D eigenvalue weighted by molar-refractivity contribution is 9.11. The minimum Gasteiger partial charge on any atom is -0.354 e. The molecule has 0 bridgehead atoms. The first-order valence-corrected chi connectivity index (χ1v) is 12.2. The second-order valence-electron chi connectivity index (χ2n) is 7.27. The summed E-state index contributed by atoms with van der Waals surface area (Å²) in [7, 11) is 0. The second kappa shape index (κ2) is 10.3. The first kappa shape index (κ1) is 22.4. The molecular formula is C22H20Br2N10. The van der Waals surface area contributed by atoms with Crippen molar-refractivity contribution in [2.75, 3.05) is 36.8 Å². The van der Waals surface area contributed by atoms with Crippen molar-refractivity contribution in [3.8, 4) is 0 Å². The second-order valence-corrected chi connectivity index (χ2v) is 8.85. The Morgan fingerprint density at radius 1 is 0.618 bits per heavy atom. The van der Waals surface area contributed by atoms with Crippen molar-refractivity contribution in [3.05, 3.63) is 58.0 Å². The molecule has 172 valence electrons. The summed E-state index contributed by atoms with van der Waals surface area (Å²) in [5.74, 6) is 1.60. The third-order valence-electron chi connectivity index (χ3n) is 5.01. The molecule has 0 aliphatic carbocycles. The minimum absolute atomic E-state index is 0.800. The third-order valence-corrected chi connectivity index (χ3v) is 6.62. The lowest BCUT2D eigenvalue weighted by atomic mass is 10.2. The van der Waals surface area contributed by atoms with Crippen LogP contribution in [0.25, 0.3) is 22.1 Å². The molecule has 6 rings (SSSR count). The van der Waals surface area contributed by atoms with Crippen LogP contribution in [-0.2, 0) is 0 Å². The number of benzene rings is 2. The van der Waals surface area contributed by atoms with E-state index in [1.807, 2.05) is 24.3 Å². The van der Waals surface area contributed by atoms with Gasteiger partial charge in [0.15, 0.2) is 11.9 Å². The lowest BCUT2D eigenvalue weighted by molar-refractivity contribution is 0.959. The summed E-state index contributed by atoms with van der Waals surface area (Å²) in [4.78, 5) is 25.7. The predicted octanol–water partition coefficient (Wildman–Crippen LogP) is 3.53. The van der Waals surface area contributed by atoms with Crippen molar-refractivity contribution in [2.24, 2.45) is 9.98 Å². The van der Waals surface area contributed by atoms with Crippen molar-refractivity contribution < 1.29 is 0 Å². The van der Waals surface area contributed by atoms with Crippen LogP contribution in [0.2, 0.25) is 0 Å². The number of hydrogen-bond donors (Lipinski definition) is 4. The van der Waals surface area contributed by atoms with Crippen molar-refractivity contribution in [3.63, 3.8) is 0 Å². The molecule has 0 unspecified atom stereocenters. The molecule has 2 aromatic heterocycles. The van der Waals surface area contributed by atoms with Crippen LogP contribution in [-0.4, -0.2) is 58.0 Å². The van der Waals surface area contributed by atoms with Crippen LogP contribution in [0, 0.1) is 0 Å². The topological polar surface area (TPSA) is 124 Å². The van der Waals surface area contributed by atoms with Gasteiger partial charge in [0.2, 0.25) is 0 Å². The van der Waals surface area contributed by atoms with Crippen LogP contribution in [0.4, 0.5) is 11.4 Å². The quantitative estimate of drug-likeness (QED) is 0.282. The summed E-state index contributed by atoms with van der Waals surface area (Å²) < 4.78 is 1.80. The monoisotopic (exact) mass is 582 g/mol. The minimum atomic E-state index is 0.800. The Bertz CT molecular complexity index is 1300. The average Bonchev–Trinajstić information content (AvgIpc) is 3.58. The van der Waals surface area contributed by atoms with Gasteiger partial charge in [0.05, 0.1) is 44.4 Å². The lowest BCUT2D eigenvalue weighted by Gasteiger charge is -2.09. The molecule has 0 saturated heterocycles. The van der Waals surface area contributed by atoms with Gasteiger partial charge < -0.3 is 21.3 Å². The van der Waals surface area contributed by atoms with Gasteiger partial charge in [0.1, 0.15) is 11.0 Å². The predicted molar refractivity (Wildman–Crippen MR) is 142 cm³/mol. The van der Waals surface area contributed by atoms with E-state index >= 15 is 0 Å². The van der Waals surface area contributed by atoms with Gasteiger partial charge in [0.25, 0.3) is 0 Å². The lowest BCUT2D eigenvalue weighted by Crippen LogP contribution is -2.26. The fourth-order valence-corrected chi connectivity index (χ4v) is 4.49. The number of rotatable bonds is 2. The van der Waals surface area contributed by atoms with E-state index in [4.69, 9.17) is 0 Å². The first-order valence-electron chi connectivity index (χ1n) is 10.6. The zero-order chi connectivity index (χ0) is 23.3. The zero-order valence-corrected chi connectivity index (χ0v) is 21.1. The molecule has 2 aromatic carbocycles. The van der Waals surface area contributed by atoms with Crippen LogP contribution >= 0.6 is 31.9 Å². The average molecular weight is 584 g/mol. The van der Waals surface area contributed by atoms with Crippen LogP contribution in [0.15, 0.2) is 68.0 Å². The summed E-state index contributed by atoms with van der Waals surface area (Å²) in [6.07, 6.45) is 6.74. The van der Waals surface area contributed by atoms with Crippen LogP contribution < -0.4 is 21.3 Å². The molecule has 4 heterocycles. The van der Waals surface area contributed by atoms with E-state index in [0.717, 1.165) is 80.5 Å². The Balaban J connectivity index is 0.000000142. The number of anilines is 2.